The fourth-order valence-electron chi connectivity index (χ4n) is 0.827. The molecular weight excluding hydrogens is 160 g/mol. The zero-order chi connectivity index (χ0) is 9.52. The summed E-state index contributed by atoms with van der Waals surface area (Å²) in [4.78, 5) is 0. The van der Waals surface area contributed by atoms with E-state index >= 15 is 0 Å². The van der Waals surface area contributed by atoms with Crippen LogP contribution in [0.5, 0.6) is 0 Å². The second kappa shape index (κ2) is 5.04. The Kier molecular flexibility index (Phi) is 3.64. The van der Waals surface area contributed by atoms with Crippen LogP contribution in [0.1, 0.15) is 6.92 Å². The SMILES string of the molecule is C=C/C(=C\C)N=Nc1ccccc1. The molecule has 0 aliphatic rings. The fourth-order valence-corrected chi connectivity index (χ4v) is 0.827. The van der Waals surface area contributed by atoms with E-state index in [0.29, 0.717) is 0 Å². The van der Waals surface area contributed by atoms with E-state index in [-0.39, 0.29) is 0 Å². The summed E-state index contributed by atoms with van der Waals surface area (Å²) >= 11 is 0. The van der Waals surface area contributed by atoms with Crippen molar-refractivity contribution in [2.75, 3.05) is 0 Å². The van der Waals surface area contributed by atoms with Crippen molar-refractivity contribution in [2.24, 2.45) is 10.2 Å². The molecule has 0 spiro atoms. The molecule has 0 bridgehead atoms. The number of benzene rings is 1. The van der Waals surface area contributed by atoms with E-state index in [9.17, 15) is 0 Å². The smallest absolute Gasteiger partial charge is 0.0857 e. The van der Waals surface area contributed by atoms with Crippen LogP contribution in [0.4, 0.5) is 5.69 Å². The highest BCUT2D eigenvalue weighted by Gasteiger charge is 1.86. The molecule has 0 aliphatic heterocycles. The first-order chi connectivity index (χ1) is 6.36. The average Bonchev–Trinajstić information content (AvgIpc) is 2.21. The molecule has 0 aromatic heterocycles. The van der Waals surface area contributed by atoms with E-state index in [4.69, 9.17) is 0 Å². The Hall–Kier alpha value is -1.70. The van der Waals surface area contributed by atoms with Crippen molar-refractivity contribution in [3.05, 3.63) is 54.8 Å². The lowest BCUT2D eigenvalue weighted by atomic mass is 10.3. The highest BCUT2D eigenvalue weighted by molar-refractivity contribution is 5.35. The van der Waals surface area contributed by atoms with Crippen LogP contribution in [0, 0.1) is 0 Å². The van der Waals surface area contributed by atoms with Crippen LogP contribution < -0.4 is 0 Å². The average molecular weight is 172 g/mol. The third-order valence-corrected chi connectivity index (χ3v) is 1.54. The lowest BCUT2D eigenvalue weighted by molar-refractivity contribution is 1.16. The zero-order valence-corrected chi connectivity index (χ0v) is 7.64. The van der Waals surface area contributed by atoms with Gasteiger partial charge in [-0.05, 0) is 25.1 Å². The van der Waals surface area contributed by atoms with Gasteiger partial charge in [0.1, 0.15) is 0 Å². The highest BCUT2D eigenvalue weighted by atomic mass is 15.1. The van der Waals surface area contributed by atoms with Gasteiger partial charge in [0.2, 0.25) is 0 Å². The molecule has 1 rings (SSSR count). The van der Waals surface area contributed by atoms with E-state index < -0.39 is 0 Å². The summed E-state index contributed by atoms with van der Waals surface area (Å²) in [5, 5.41) is 8.03. The summed E-state index contributed by atoms with van der Waals surface area (Å²) in [6, 6.07) is 9.61. The van der Waals surface area contributed by atoms with Crippen molar-refractivity contribution in [1.29, 1.82) is 0 Å². The maximum Gasteiger partial charge on any atom is 0.0857 e. The van der Waals surface area contributed by atoms with Gasteiger partial charge in [-0.25, -0.2) is 0 Å². The van der Waals surface area contributed by atoms with Gasteiger partial charge in [-0.1, -0.05) is 30.9 Å². The summed E-state index contributed by atoms with van der Waals surface area (Å²) in [7, 11) is 0. The standard InChI is InChI=1S/C11H12N2/c1-3-10(4-2)12-13-11-8-6-5-7-9-11/h3-9H,1H2,2H3/b10-4+,13-12?. The molecular formula is C11H12N2. The maximum absolute atomic E-state index is 4.03. The van der Waals surface area contributed by atoms with Gasteiger partial charge in [-0.15, -0.1) is 0 Å². The topological polar surface area (TPSA) is 24.7 Å². The second-order valence-corrected chi connectivity index (χ2v) is 2.45. The molecule has 1 aromatic rings. The first-order valence-electron chi connectivity index (χ1n) is 4.12. The first-order valence-corrected chi connectivity index (χ1v) is 4.12. The number of azo groups is 1. The van der Waals surface area contributed by atoms with E-state index in [1.807, 2.05) is 43.3 Å². The molecule has 66 valence electrons. The molecule has 1 aromatic carbocycles. The monoisotopic (exact) mass is 172 g/mol. The highest BCUT2D eigenvalue weighted by Crippen LogP contribution is 2.12. The molecule has 13 heavy (non-hydrogen) atoms. The van der Waals surface area contributed by atoms with Crippen molar-refractivity contribution in [2.45, 2.75) is 6.92 Å². The quantitative estimate of drug-likeness (QED) is 0.488. The van der Waals surface area contributed by atoms with Gasteiger partial charge in [-0.3, -0.25) is 0 Å². The molecule has 0 amide bonds. The van der Waals surface area contributed by atoms with Crippen LogP contribution in [0.2, 0.25) is 0 Å². The third kappa shape index (κ3) is 3.03. The number of hydrogen-bond donors (Lipinski definition) is 0. The number of rotatable bonds is 3. The van der Waals surface area contributed by atoms with Crippen LogP contribution in [0.15, 0.2) is 65.0 Å². The molecule has 0 heterocycles. The van der Waals surface area contributed by atoms with Crippen LogP contribution in [0.3, 0.4) is 0 Å². The van der Waals surface area contributed by atoms with Crippen LogP contribution >= 0.6 is 0 Å². The van der Waals surface area contributed by atoms with E-state index in [2.05, 4.69) is 16.8 Å². The summed E-state index contributed by atoms with van der Waals surface area (Å²) < 4.78 is 0. The Bertz CT molecular complexity index is 323. The van der Waals surface area contributed by atoms with Crippen molar-refractivity contribution < 1.29 is 0 Å². The molecule has 0 unspecified atom stereocenters. The Morgan fingerprint density at radius 3 is 2.54 bits per heavy atom. The molecule has 2 nitrogen and oxygen atoms in total. The largest absolute Gasteiger partial charge is 0.151 e. The summed E-state index contributed by atoms with van der Waals surface area (Å²) in [5.41, 5.74) is 1.63. The Morgan fingerprint density at radius 1 is 1.31 bits per heavy atom. The molecule has 0 radical (unpaired) electrons. The van der Waals surface area contributed by atoms with E-state index in [0.717, 1.165) is 11.4 Å². The minimum absolute atomic E-state index is 0.781. The van der Waals surface area contributed by atoms with Crippen molar-refractivity contribution in [1.82, 2.24) is 0 Å². The molecule has 0 atom stereocenters. The van der Waals surface area contributed by atoms with Gasteiger partial charge in [0, 0.05) is 0 Å². The molecule has 0 saturated carbocycles. The van der Waals surface area contributed by atoms with Gasteiger partial charge >= 0.3 is 0 Å². The van der Waals surface area contributed by atoms with Gasteiger partial charge < -0.3 is 0 Å². The predicted molar refractivity (Wildman–Crippen MR) is 54.9 cm³/mol. The Labute approximate surface area is 78.3 Å². The lowest BCUT2D eigenvalue weighted by Gasteiger charge is -1.90. The van der Waals surface area contributed by atoms with Crippen LogP contribution in [0.25, 0.3) is 0 Å². The second-order valence-electron chi connectivity index (χ2n) is 2.45. The molecule has 0 N–H and O–H groups in total. The van der Waals surface area contributed by atoms with E-state index in [1.165, 1.54) is 0 Å². The Balaban J connectivity index is 2.74. The maximum atomic E-state index is 4.03. The normalized spacial score (nSPS) is 11.9. The van der Waals surface area contributed by atoms with Gasteiger partial charge in [0.25, 0.3) is 0 Å². The summed E-state index contributed by atoms with van der Waals surface area (Å²) in [6.07, 6.45) is 3.53. The Morgan fingerprint density at radius 2 is 2.00 bits per heavy atom. The predicted octanol–water partition coefficient (Wildman–Crippen LogP) is 3.86. The van der Waals surface area contributed by atoms with Crippen LogP contribution in [-0.2, 0) is 0 Å². The molecule has 0 fully saturated rings. The van der Waals surface area contributed by atoms with E-state index in [1.54, 1.807) is 6.08 Å². The van der Waals surface area contributed by atoms with Gasteiger partial charge in [0.15, 0.2) is 0 Å². The minimum atomic E-state index is 0.781. The molecule has 0 aliphatic carbocycles. The van der Waals surface area contributed by atoms with Crippen LogP contribution in [-0.4, -0.2) is 0 Å². The van der Waals surface area contributed by atoms with Crippen molar-refractivity contribution >= 4 is 5.69 Å². The summed E-state index contributed by atoms with van der Waals surface area (Å²) in [6.45, 7) is 5.53. The van der Waals surface area contributed by atoms with Crippen molar-refractivity contribution in [3.63, 3.8) is 0 Å². The van der Waals surface area contributed by atoms with Crippen molar-refractivity contribution in [3.8, 4) is 0 Å². The fraction of sp³-hybridized carbons (Fsp3) is 0.0909. The van der Waals surface area contributed by atoms with Gasteiger partial charge in [0.05, 0.1) is 11.4 Å². The number of hydrogen-bond acceptors (Lipinski definition) is 2. The van der Waals surface area contributed by atoms with Gasteiger partial charge in [-0.2, -0.15) is 10.2 Å². The molecule has 0 saturated heterocycles. The zero-order valence-electron chi connectivity index (χ0n) is 7.64. The molecule has 2 heteroatoms. The summed E-state index contributed by atoms with van der Waals surface area (Å²) in [5.74, 6) is 0. The number of nitrogens with zero attached hydrogens (tertiary/aromatic N) is 2. The first kappa shape index (κ1) is 9.39. The number of allylic oxidation sites excluding steroid dienone is 2. The lowest BCUT2D eigenvalue weighted by Crippen LogP contribution is -1.67. The minimum Gasteiger partial charge on any atom is -0.151 e. The third-order valence-electron chi connectivity index (χ3n) is 1.54.